The maximum absolute atomic E-state index is 13.0. The number of rotatable bonds is 4. The highest BCUT2D eigenvalue weighted by Crippen LogP contribution is 2.30. The molecule has 0 unspecified atom stereocenters. The number of nitrogens with zero attached hydrogens (tertiary/aromatic N) is 3. The van der Waals surface area contributed by atoms with Crippen molar-refractivity contribution >= 4 is 44.8 Å². The van der Waals surface area contributed by atoms with E-state index in [4.69, 9.17) is 10.1 Å². The standard InChI is InChI=1S/C20H13N3OS3/c24-20-15-6-2-1-5-14(15)18(16-7-3-9-25-16)22-23(20)11-13-12-27-19(21-13)17-8-4-10-26-17/h1-10,12H,11H2. The van der Waals surface area contributed by atoms with E-state index in [1.54, 1.807) is 34.0 Å². The summed E-state index contributed by atoms with van der Waals surface area (Å²) in [6.07, 6.45) is 0. The summed E-state index contributed by atoms with van der Waals surface area (Å²) in [5.41, 5.74) is 1.61. The Labute approximate surface area is 167 Å². The first-order valence-electron chi connectivity index (χ1n) is 8.31. The van der Waals surface area contributed by atoms with Crippen molar-refractivity contribution in [2.75, 3.05) is 0 Å². The Hall–Kier alpha value is -2.61. The third kappa shape index (κ3) is 3.03. The second-order valence-corrected chi connectivity index (χ2v) is 8.71. The largest absolute Gasteiger partial charge is 0.275 e. The fraction of sp³-hybridized carbons (Fsp3) is 0.0500. The minimum Gasteiger partial charge on any atom is -0.267 e. The maximum atomic E-state index is 13.0. The summed E-state index contributed by atoms with van der Waals surface area (Å²) in [4.78, 5) is 19.9. The zero-order chi connectivity index (χ0) is 18.2. The van der Waals surface area contributed by atoms with Crippen LogP contribution in [-0.4, -0.2) is 14.8 Å². The van der Waals surface area contributed by atoms with Crippen molar-refractivity contribution in [3.05, 3.63) is 80.7 Å². The molecule has 0 N–H and O–H groups in total. The molecule has 5 aromatic rings. The topological polar surface area (TPSA) is 47.8 Å². The van der Waals surface area contributed by atoms with Crippen molar-refractivity contribution in [2.24, 2.45) is 0 Å². The van der Waals surface area contributed by atoms with Crippen LogP contribution in [0.4, 0.5) is 0 Å². The van der Waals surface area contributed by atoms with Crippen molar-refractivity contribution < 1.29 is 0 Å². The Morgan fingerprint density at radius 2 is 1.59 bits per heavy atom. The highest BCUT2D eigenvalue weighted by molar-refractivity contribution is 7.20. The molecule has 0 amide bonds. The highest BCUT2D eigenvalue weighted by Gasteiger charge is 2.14. The van der Waals surface area contributed by atoms with E-state index in [0.29, 0.717) is 11.9 Å². The second-order valence-electron chi connectivity index (χ2n) is 5.96. The van der Waals surface area contributed by atoms with Crippen molar-refractivity contribution in [3.8, 4) is 20.5 Å². The summed E-state index contributed by atoms with van der Waals surface area (Å²) in [5, 5.41) is 13.3. The number of aromatic nitrogens is 3. The summed E-state index contributed by atoms with van der Waals surface area (Å²) in [6, 6.07) is 15.8. The fourth-order valence-electron chi connectivity index (χ4n) is 2.98. The van der Waals surface area contributed by atoms with Crippen LogP contribution in [0.3, 0.4) is 0 Å². The van der Waals surface area contributed by atoms with E-state index in [2.05, 4.69) is 6.07 Å². The van der Waals surface area contributed by atoms with Gasteiger partial charge in [-0.25, -0.2) is 9.67 Å². The summed E-state index contributed by atoms with van der Waals surface area (Å²) in [5.74, 6) is 0. The molecule has 4 heterocycles. The molecule has 7 heteroatoms. The lowest BCUT2D eigenvalue weighted by molar-refractivity contribution is 0.642. The third-order valence-corrected chi connectivity index (χ3v) is 7.02. The number of hydrogen-bond donors (Lipinski definition) is 0. The van der Waals surface area contributed by atoms with Crippen LogP contribution in [0, 0.1) is 0 Å². The van der Waals surface area contributed by atoms with Crippen molar-refractivity contribution in [1.29, 1.82) is 0 Å². The van der Waals surface area contributed by atoms with Gasteiger partial charge in [0.1, 0.15) is 10.7 Å². The van der Waals surface area contributed by atoms with E-state index in [1.807, 2.05) is 58.6 Å². The van der Waals surface area contributed by atoms with Gasteiger partial charge in [0.15, 0.2) is 0 Å². The van der Waals surface area contributed by atoms with Crippen LogP contribution in [0.15, 0.2) is 69.5 Å². The number of benzene rings is 1. The van der Waals surface area contributed by atoms with Gasteiger partial charge in [0.25, 0.3) is 5.56 Å². The van der Waals surface area contributed by atoms with Gasteiger partial charge in [-0.3, -0.25) is 4.79 Å². The number of thiophene rings is 2. The molecule has 132 valence electrons. The Morgan fingerprint density at radius 1 is 0.852 bits per heavy atom. The van der Waals surface area contributed by atoms with Gasteiger partial charge in [0.2, 0.25) is 0 Å². The molecule has 0 bridgehead atoms. The lowest BCUT2D eigenvalue weighted by atomic mass is 10.1. The fourth-order valence-corrected chi connectivity index (χ4v) is 5.33. The van der Waals surface area contributed by atoms with Crippen LogP contribution >= 0.6 is 34.0 Å². The molecule has 0 saturated carbocycles. The van der Waals surface area contributed by atoms with E-state index < -0.39 is 0 Å². The Kier molecular flexibility index (Phi) is 4.20. The van der Waals surface area contributed by atoms with Gasteiger partial charge < -0.3 is 0 Å². The molecule has 4 aromatic heterocycles. The number of hydrogen-bond acceptors (Lipinski definition) is 6. The smallest absolute Gasteiger partial charge is 0.267 e. The zero-order valence-corrected chi connectivity index (χ0v) is 16.5. The van der Waals surface area contributed by atoms with Crippen LogP contribution < -0.4 is 5.56 Å². The third-order valence-electron chi connectivity index (χ3n) is 4.22. The first-order chi connectivity index (χ1) is 13.3. The Morgan fingerprint density at radius 3 is 2.33 bits per heavy atom. The van der Waals surface area contributed by atoms with E-state index >= 15 is 0 Å². The van der Waals surface area contributed by atoms with E-state index in [9.17, 15) is 4.79 Å². The maximum Gasteiger partial charge on any atom is 0.275 e. The van der Waals surface area contributed by atoms with Gasteiger partial charge in [-0.15, -0.1) is 34.0 Å². The summed E-state index contributed by atoms with van der Waals surface area (Å²) < 4.78 is 1.53. The number of fused-ring (bicyclic) bond motifs is 1. The molecular weight excluding hydrogens is 394 g/mol. The van der Waals surface area contributed by atoms with Crippen LogP contribution in [0.2, 0.25) is 0 Å². The molecule has 5 rings (SSSR count). The Balaban J connectivity index is 1.61. The summed E-state index contributed by atoms with van der Waals surface area (Å²) >= 11 is 4.89. The zero-order valence-electron chi connectivity index (χ0n) is 14.0. The molecule has 4 nitrogen and oxygen atoms in total. The molecule has 0 aliphatic carbocycles. The van der Waals surface area contributed by atoms with E-state index in [0.717, 1.165) is 31.5 Å². The quantitative estimate of drug-likeness (QED) is 0.403. The average Bonchev–Trinajstić information content (AvgIpc) is 3.46. The average molecular weight is 408 g/mol. The highest BCUT2D eigenvalue weighted by atomic mass is 32.1. The molecule has 0 atom stereocenters. The lowest BCUT2D eigenvalue weighted by Gasteiger charge is -2.09. The summed E-state index contributed by atoms with van der Waals surface area (Å²) in [7, 11) is 0. The normalized spacial score (nSPS) is 11.3. The van der Waals surface area contributed by atoms with Crippen LogP contribution in [-0.2, 0) is 6.54 Å². The minimum absolute atomic E-state index is 0.0865. The summed E-state index contributed by atoms with van der Waals surface area (Å²) in [6.45, 7) is 0.365. The predicted octanol–water partition coefficient (Wildman–Crippen LogP) is 5.36. The minimum atomic E-state index is -0.0865. The molecule has 0 saturated heterocycles. The Bertz CT molecular complexity index is 1270. The van der Waals surface area contributed by atoms with Gasteiger partial charge in [-0.2, -0.15) is 5.10 Å². The number of thiazole rings is 1. The van der Waals surface area contributed by atoms with Crippen LogP contribution in [0.25, 0.3) is 31.2 Å². The van der Waals surface area contributed by atoms with E-state index in [1.165, 1.54) is 4.68 Å². The molecule has 1 aromatic carbocycles. The molecule has 0 aliphatic rings. The van der Waals surface area contributed by atoms with Crippen molar-refractivity contribution in [2.45, 2.75) is 6.54 Å². The molecule has 0 fully saturated rings. The van der Waals surface area contributed by atoms with E-state index in [-0.39, 0.29) is 5.56 Å². The molecule has 27 heavy (non-hydrogen) atoms. The van der Waals surface area contributed by atoms with Gasteiger partial charge in [0, 0.05) is 10.8 Å². The monoisotopic (exact) mass is 407 g/mol. The first-order valence-corrected chi connectivity index (χ1v) is 11.0. The van der Waals surface area contributed by atoms with Gasteiger partial charge in [0.05, 0.1) is 27.4 Å². The molecule has 0 aliphatic heterocycles. The van der Waals surface area contributed by atoms with Crippen LogP contribution in [0.5, 0.6) is 0 Å². The SMILES string of the molecule is O=c1c2ccccc2c(-c2cccs2)nn1Cc1csc(-c2cccs2)n1. The second kappa shape index (κ2) is 6.84. The van der Waals surface area contributed by atoms with Gasteiger partial charge >= 0.3 is 0 Å². The van der Waals surface area contributed by atoms with Gasteiger partial charge in [-0.1, -0.05) is 30.3 Å². The van der Waals surface area contributed by atoms with Crippen LogP contribution in [0.1, 0.15) is 5.69 Å². The molecule has 0 spiro atoms. The molecular formula is C20H13N3OS3. The van der Waals surface area contributed by atoms with Gasteiger partial charge in [-0.05, 0) is 29.0 Å². The first kappa shape index (κ1) is 16.6. The van der Waals surface area contributed by atoms with Crippen molar-refractivity contribution in [1.82, 2.24) is 14.8 Å². The lowest BCUT2D eigenvalue weighted by Crippen LogP contribution is -2.24. The molecule has 0 radical (unpaired) electrons. The van der Waals surface area contributed by atoms with Crippen molar-refractivity contribution in [3.63, 3.8) is 0 Å². The predicted molar refractivity (Wildman–Crippen MR) is 114 cm³/mol.